The van der Waals surface area contributed by atoms with Crippen molar-refractivity contribution in [1.82, 2.24) is 9.78 Å². The number of nitrogens with zero attached hydrogens (tertiary/aromatic N) is 2. The Bertz CT molecular complexity index is 917. The topological polar surface area (TPSA) is 53.9 Å². The monoisotopic (exact) mass is 386 g/mol. The van der Waals surface area contributed by atoms with Crippen LogP contribution in [0.1, 0.15) is 17.0 Å². The van der Waals surface area contributed by atoms with Gasteiger partial charge in [0.2, 0.25) is 5.89 Å². The van der Waals surface area contributed by atoms with Gasteiger partial charge in [0.05, 0.1) is 27.7 Å². The van der Waals surface area contributed by atoms with E-state index in [4.69, 9.17) is 26.1 Å². The van der Waals surface area contributed by atoms with E-state index in [1.807, 2.05) is 36.4 Å². The molecule has 2 aromatic carbocycles. The number of methoxy groups -OCH3 is 2. The highest BCUT2D eigenvalue weighted by molar-refractivity contribution is 7.71. The summed E-state index contributed by atoms with van der Waals surface area (Å²) in [6.45, 7) is 1.49. The number of quaternary nitrogens is 1. The van der Waals surface area contributed by atoms with E-state index in [2.05, 4.69) is 24.3 Å². The summed E-state index contributed by atoms with van der Waals surface area (Å²) in [6.07, 6.45) is 0.595. The standard InChI is InChI=1S/C20H23N3O3S/c1-22(13-16-6-10-18(25-3)11-7-16)14-23-20(27)26-19(21-23)12-15-4-8-17(24-2)9-5-15/h4-11H,12-14H2,1-3H3/p+1. The van der Waals surface area contributed by atoms with Crippen LogP contribution in [0.3, 0.4) is 0 Å². The van der Waals surface area contributed by atoms with Gasteiger partial charge in [0, 0.05) is 5.56 Å². The van der Waals surface area contributed by atoms with Gasteiger partial charge in [0.25, 0.3) is 4.84 Å². The normalized spacial score (nSPS) is 12.0. The zero-order valence-electron chi connectivity index (χ0n) is 15.8. The maximum atomic E-state index is 5.66. The molecule has 0 aliphatic heterocycles. The molecule has 7 heteroatoms. The largest absolute Gasteiger partial charge is 0.497 e. The minimum atomic E-state index is 0.396. The van der Waals surface area contributed by atoms with Crippen molar-refractivity contribution < 1.29 is 18.8 Å². The number of hydrogen-bond donors (Lipinski definition) is 1. The number of ether oxygens (including phenoxy) is 2. The van der Waals surface area contributed by atoms with Crippen LogP contribution in [0.4, 0.5) is 0 Å². The first-order valence-electron chi connectivity index (χ1n) is 8.71. The summed E-state index contributed by atoms with van der Waals surface area (Å²) >= 11 is 5.33. The predicted octanol–water partition coefficient (Wildman–Crippen LogP) is 2.49. The van der Waals surface area contributed by atoms with Gasteiger partial charge < -0.3 is 18.8 Å². The lowest BCUT2D eigenvalue weighted by molar-refractivity contribution is -0.917. The molecule has 142 valence electrons. The van der Waals surface area contributed by atoms with Crippen LogP contribution >= 0.6 is 12.2 Å². The molecule has 0 aliphatic rings. The molecule has 0 spiro atoms. The van der Waals surface area contributed by atoms with Gasteiger partial charge >= 0.3 is 0 Å². The molecule has 1 atom stereocenters. The highest BCUT2D eigenvalue weighted by atomic mass is 32.1. The van der Waals surface area contributed by atoms with Crippen molar-refractivity contribution >= 4 is 12.2 Å². The van der Waals surface area contributed by atoms with Crippen molar-refractivity contribution in [2.24, 2.45) is 0 Å². The SMILES string of the molecule is COc1ccc(Cc2nn(C[NH+](C)Cc3ccc(OC)cc3)c(=S)o2)cc1. The minimum absolute atomic E-state index is 0.396. The molecular weight excluding hydrogens is 362 g/mol. The smallest absolute Gasteiger partial charge is 0.291 e. The van der Waals surface area contributed by atoms with Crippen LogP contribution < -0.4 is 14.4 Å². The van der Waals surface area contributed by atoms with E-state index in [9.17, 15) is 0 Å². The van der Waals surface area contributed by atoms with E-state index in [1.165, 1.54) is 10.5 Å². The van der Waals surface area contributed by atoms with E-state index in [1.54, 1.807) is 18.9 Å². The number of benzene rings is 2. The van der Waals surface area contributed by atoms with Gasteiger partial charge in [-0.25, -0.2) is 0 Å². The van der Waals surface area contributed by atoms with Crippen LogP contribution in [0.25, 0.3) is 0 Å². The molecule has 27 heavy (non-hydrogen) atoms. The summed E-state index contributed by atoms with van der Waals surface area (Å²) in [5.74, 6) is 2.30. The lowest BCUT2D eigenvalue weighted by Gasteiger charge is -2.13. The molecule has 0 radical (unpaired) electrons. The molecule has 6 nitrogen and oxygen atoms in total. The van der Waals surface area contributed by atoms with Gasteiger partial charge in [0.15, 0.2) is 6.67 Å². The van der Waals surface area contributed by atoms with Crippen LogP contribution in [0.2, 0.25) is 0 Å². The van der Waals surface area contributed by atoms with E-state index in [-0.39, 0.29) is 0 Å². The number of hydrogen-bond acceptors (Lipinski definition) is 5. The molecule has 3 aromatic rings. The lowest BCUT2D eigenvalue weighted by atomic mass is 10.1. The van der Waals surface area contributed by atoms with Gasteiger partial charge in [-0.1, -0.05) is 12.1 Å². The molecule has 1 aromatic heterocycles. The average Bonchev–Trinajstić information content (AvgIpc) is 3.01. The second-order valence-corrected chi connectivity index (χ2v) is 6.78. The average molecular weight is 386 g/mol. The van der Waals surface area contributed by atoms with Gasteiger partial charge in [-0.2, -0.15) is 4.68 Å². The third kappa shape index (κ3) is 5.18. The Morgan fingerprint density at radius 2 is 1.52 bits per heavy atom. The van der Waals surface area contributed by atoms with Gasteiger partial charge in [-0.05, 0) is 54.2 Å². The molecule has 0 saturated heterocycles. The van der Waals surface area contributed by atoms with E-state index >= 15 is 0 Å². The van der Waals surface area contributed by atoms with E-state index in [0.717, 1.165) is 23.6 Å². The van der Waals surface area contributed by atoms with Crippen LogP contribution in [0.15, 0.2) is 52.9 Å². The van der Waals surface area contributed by atoms with Crippen molar-refractivity contribution in [2.75, 3.05) is 21.3 Å². The molecule has 0 amide bonds. The van der Waals surface area contributed by atoms with Gasteiger partial charge in [0.1, 0.15) is 18.0 Å². The molecule has 1 unspecified atom stereocenters. The fourth-order valence-corrected chi connectivity index (χ4v) is 3.04. The van der Waals surface area contributed by atoms with Gasteiger partial charge in [-0.3, -0.25) is 0 Å². The predicted molar refractivity (Wildman–Crippen MR) is 105 cm³/mol. The number of rotatable bonds is 8. The molecule has 0 fully saturated rings. The van der Waals surface area contributed by atoms with Crippen molar-refractivity contribution in [2.45, 2.75) is 19.6 Å². The first kappa shape index (κ1) is 19.1. The summed E-state index contributed by atoms with van der Waals surface area (Å²) in [4.78, 5) is 1.65. The highest BCUT2D eigenvalue weighted by Crippen LogP contribution is 2.14. The van der Waals surface area contributed by atoms with E-state index < -0.39 is 0 Å². The molecule has 0 bridgehead atoms. The molecule has 3 rings (SSSR count). The fraction of sp³-hybridized carbons (Fsp3) is 0.300. The van der Waals surface area contributed by atoms with Crippen molar-refractivity contribution in [3.8, 4) is 11.5 Å². The summed E-state index contributed by atoms with van der Waals surface area (Å²) < 4.78 is 17.8. The first-order valence-corrected chi connectivity index (χ1v) is 9.12. The van der Waals surface area contributed by atoms with Crippen molar-refractivity contribution in [3.63, 3.8) is 0 Å². The number of nitrogens with one attached hydrogen (secondary N) is 1. The maximum Gasteiger partial charge on any atom is 0.291 e. The van der Waals surface area contributed by atoms with Crippen LogP contribution in [-0.2, 0) is 19.6 Å². The molecule has 0 saturated carbocycles. The fourth-order valence-electron chi connectivity index (χ4n) is 2.84. The Balaban J connectivity index is 1.62. The van der Waals surface area contributed by atoms with Crippen LogP contribution in [0, 0.1) is 4.84 Å². The maximum absolute atomic E-state index is 5.66. The zero-order valence-corrected chi connectivity index (χ0v) is 16.6. The molecule has 1 heterocycles. The van der Waals surface area contributed by atoms with Crippen molar-refractivity contribution in [1.29, 1.82) is 0 Å². The second-order valence-electron chi connectivity index (χ2n) is 6.43. The van der Waals surface area contributed by atoms with Crippen molar-refractivity contribution in [3.05, 3.63) is 70.4 Å². The third-order valence-electron chi connectivity index (χ3n) is 4.25. The molecular formula is C20H24N3O3S+. The zero-order chi connectivity index (χ0) is 19.2. The summed E-state index contributed by atoms with van der Waals surface area (Å²) in [6, 6.07) is 15.9. The van der Waals surface area contributed by atoms with E-state index in [0.29, 0.717) is 23.8 Å². The number of aromatic nitrogens is 2. The molecule has 0 aliphatic carbocycles. The minimum Gasteiger partial charge on any atom is -0.497 e. The Morgan fingerprint density at radius 3 is 2.07 bits per heavy atom. The van der Waals surface area contributed by atoms with Crippen LogP contribution in [0.5, 0.6) is 11.5 Å². The lowest BCUT2D eigenvalue weighted by Crippen LogP contribution is -3.07. The first-order chi connectivity index (χ1) is 13.1. The Labute approximate surface area is 163 Å². The summed E-state index contributed by atoms with van der Waals surface area (Å²) in [7, 11) is 5.42. The Hall–Kier alpha value is -2.64. The quantitative estimate of drug-likeness (QED) is 0.603. The summed E-state index contributed by atoms with van der Waals surface area (Å²) in [5, 5.41) is 4.53. The Kier molecular flexibility index (Phi) is 6.26. The second kappa shape index (κ2) is 8.83. The van der Waals surface area contributed by atoms with Gasteiger partial charge in [-0.15, -0.1) is 5.10 Å². The van der Waals surface area contributed by atoms with Crippen LogP contribution in [-0.4, -0.2) is 31.0 Å². The molecule has 1 N–H and O–H groups in total. The summed E-state index contributed by atoms with van der Waals surface area (Å²) in [5.41, 5.74) is 2.32. The third-order valence-corrected chi connectivity index (χ3v) is 4.54. The highest BCUT2D eigenvalue weighted by Gasteiger charge is 2.11. The Morgan fingerprint density at radius 1 is 0.963 bits per heavy atom.